The fourth-order valence-corrected chi connectivity index (χ4v) is 0.989. The van der Waals surface area contributed by atoms with E-state index < -0.39 is 0 Å². The Kier molecular flexibility index (Phi) is 3.85. The molecule has 0 spiro atoms. The molecule has 0 aliphatic heterocycles. The lowest BCUT2D eigenvalue weighted by molar-refractivity contribution is -0.107. The number of carbonyl (C=O) groups excluding carboxylic acids is 2. The molecule has 3 nitrogen and oxygen atoms in total. The van der Waals surface area contributed by atoms with Gasteiger partial charge in [-0.1, -0.05) is 24.3 Å². The van der Waals surface area contributed by atoms with Crippen LogP contribution in [0.1, 0.15) is 15.9 Å². The molecule has 1 aromatic carbocycles. The van der Waals surface area contributed by atoms with Crippen molar-refractivity contribution in [1.29, 1.82) is 0 Å². The summed E-state index contributed by atoms with van der Waals surface area (Å²) in [7, 11) is 0. The third-order valence-corrected chi connectivity index (χ3v) is 1.67. The number of rotatable bonds is 5. The Bertz CT molecular complexity index is 279. The molecule has 0 atom stereocenters. The zero-order valence-corrected chi connectivity index (χ0v) is 7.19. The van der Waals surface area contributed by atoms with Crippen LogP contribution < -0.4 is 5.32 Å². The Balaban J connectivity index is 2.48. The summed E-state index contributed by atoms with van der Waals surface area (Å²) in [6, 6.07) is 7.24. The summed E-state index contributed by atoms with van der Waals surface area (Å²) in [5.41, 5.74) is 1.73. The van der Waals surface area contributed by atoms with Crippen LogP contribution in [0.5, 0.6) is 0 Å². The first-order chi connectivity index (χ1) is 6.36. The molecule has 0 bridgehead atoms. The molecule has 1 aromatic rings. The predicted octanol–water partition coefficient (Wildman–Crippen LogP) is 0.788. The van der Waals surface area contributed by atoms with E-state index in [0.717, 1.165) is 18.1 Å². The van der Waals surface area contributed by atoms with Crippen molar-refractivity contribution in [3.63, 3.8) is 0 Å². The lowest BCUT2D eigenvalue weighted by Gasteiger charge is -2.00. The summed E-state index contributed by atoms with van der Waals surface area (Å²) >= 11 is 0. The second-order valence-electron chi connectivity index (χ2n) is 2.66. The number of hydrogen-bond acceptors (Lipinski definition) is 3. The highest BCUT2D eigenvalue weighted by molar-refractivity contribution is 5.74. The fraction of sp³-hybridized carbons (Fsp3) is 0.200. The van der Waals surface area contributed by atoms with Gasteiger partial charge in [-0.05, 0) is 5.56 Å². The van der Waals surface area contributed by atoms with Crippen LogP contribution in [0.25, 0.3) is 0 Å². The minimum atomic E-state index is 0.357. The normalized spacial score (nSPS) is 9.54. The van der Waals surface area contributed by atoms with E-state index in [9.17, 15) is 9.59 Å². The molecular formula is C10H11NO2. The van der Waals surface area contributed by atoms with Crippen molar-refractivity contribution < 1.29 is 9.59 Å². The standard InChI is InChI=1S/C10H11NO2/c12-6-5-11-7-9-1-3-10(8-13)4-2-9/h1-4,6,8,11H,5,7H2. The second-order valence-corrected chi connectivity index (χ2v) is 2.66. The average molecular weight is 177 g/mol. The quantitative estimate of drug-likeness (QED) is 0.534. The van der Waals surface area contributed by atoms with Crippen LogP contribution in [0.3, 0.4) is 0 Å². The van der Waals surface area contributed by atoms with Gasteiger partial charge < -0.3 is 10.1 Å². The molecule has 0 heterocycles. The molecule has 1 N–H and O–H groups in total. The van der Waals surface area contributed by atoms with Crippen LogP contribution in [0.2, 0.25) is 0 Å². The molecule has 0 fully saturated rings. The summed E-state index contributed by atoms with van der Waals surface area (Å²) in [5, 5.41) is 2.93. The SMILES string of the molecule is O=CCNCc1ccc(C=O)cc1. The first-order valence-electron chi connectivity index (χ1n) is 4.05. The first-order valence-corrected chi connectivity index (χ1v) is 4.05. The molecule has 0 saturated carbocycles. The Hall–Kier alpha value is -1.48. The van der Waals surface area contributed by atoms with Gasteiger partial charge in [0.1, 0.15) is 12.6 Å². The van der Waals surface area contributed by atoms with Gasteiger partial charge in [0.15, 0.2) is 0 Å². The molecule has 68 valence electrons. The molecule has 0 aliphatic carbocycles. The molecule has 3 heteroatoms. The summed E-state index contributed by atoms with van der Waals surface area (Å²) in [5.74, 6) is 0. The predicted molar refractivity (Wildman–Crippen MR) is 49.6 cm³/mol. The Morgan fingerprint density at radius 2 is 1.85 bits per heavy atom. The van der Waals surface area contributed by atoms with E-state index in [1.165, 1.54) is 0 Å². The highest BCUT2D eigenvalue weighted by Gasteiger charge is 1.92. The number of benzene rings is 1. The van der Waals surface area contributed by atoms with Crippen LogP contribution in [0.4, 0.5) is 0 Å². The highest BCUT2D eigenvalue weighted by atomic mass is 16.1. The van der Waals surface area contributed by atoms with Crippen LogP contribution >= 0.6 is 0 Å². The molecule has 1 rings (SSSR count). The maximum atomic E-state index is 10.3. The summed E-state index contributed by atoms with van der Waals surface area (Å²) < 4.78 is 0. The Labute approximate surface area is 76.8 Å². The van der Waals surface area contributed by atoms with Gasteiger partial charge in [-0.15, -0.1) is 0 Å². The first kappa shape index (κ1) is 9.61. The van der Waals surface area contributed by atoms with E-state index >= 15 is 0 Å². The molecule has 13 heavy (non-hydrogen) atoms. The lowest BCUT2D eigenvalue weighted by Crippen LogP contribution is -2.15. The largest absolute Gasteiger partial charge is 0.306 e. The zero-order valence-electron chi connectivity index (χ0n) is 7.19. The fourth-order valence-electron chi connectivity index (χ4n) is 0.989. The van der Waals surface area contributed by atoms with Gasteiger partial charge in [0.2, 0.25) is 0 Å². The van der Waals surface area contributed by atoms with Crippen LogP contribution in [-0.2, 0) is 11.3 Å². The Morgan fingerprint density at radius 3 is 2.38 bits per heavy atom. The van der Waals surface area contributed by atoms with Crippen LogP contribution in [-0.4, -0.2) is 19.1 Å². The maximum absolute atomic E-state index is 10.3. The van der Waals surface area contributed by atoms with E-state index in [0.29, 0.717) is 18.7 Å². The molecule has 0 unspecified atom stereocenters. The minimum absolute atomic E-state index is 0.357. The van der Waals surface area contributed by atoms with Gasteiger partial charge in [0.25, 0.3) is 0 Å². The van der Waals surface area contributed by atoms with Gasteiger partial charge in [0, 0.05) is 12.1 Å². The second kappa shape index (κ2) is 5.22. The van der Waals surface area contributed by atoms with Crippen LogP contribution in [0, 0.1) is 0 Å². The smallest absolute Gasteiger partial charge is 0.150 e. The number of aldehydes is 2. The van der Waals surface area contributed by atoms with E-state index in [4.69, 9.17) is 0 Å². The summed E-state index contributed by atoms with van der Waals surface area (Å²) in [4.78, 5) is 20.3. The molecule has 0 aromatic heterocycles. The number of nitrogens with one attached hydrogen (secondary N) is 1. The number of carbonyl (C=O) groups is 2. The van der Waals surface area contributed by atoms with Crippen molar-refractivity contribution in [2.75, 3.05) is 6.54 Å². The van der Waals surface area contributed by atoms with Gasteiger partial charge in [0.05, 0.1) is 6.54 Å². The van der Waals surface area contributed by atoms with Gasteiger partial charge >= 0.3 is 0 Å². The third kappa shape index (κ3) is 3.17. The lowest BCUT2D eigenvalue weighted by atomic mass is 10.1. The van der Waals surface area contributed by atoms with Crippen molar-refractivity contribution >= 4 is 12.6 Å². The molecule has 0 amide bonds. The van der Waals surface area contributed by atoms with E-state index in [1.807, 2.05) is 12.1 Å². The van der Waals surface area contributed by atoms with Crippen molar-refractivity contribution in [3.05, 3.63) is 35.4 Å². The zero-order chi connectivity index (χ0) is 9.52. The topological polar surface area (TPSA) is 46.2 Å². The van der Waals surface area contributed by atoms with Crippen LogP contribution in [0.15, 0.2) is 24.3 Å². The van der Waals surface area contributed by atoms with Crippen molar-refractivity contribution in [2.45, 2.75) is 6.54 Å². The van der Waals surface area contributed by atoms with Crippen molar-refractivity contribution in [3.8, 4) is 0 Å². The van der Waals surface area contributed by atoms with Crippen molar-refractivity contribution in [2.24, 2.45) is 0 Å². The third-order valence-electron chi connectivity index (χ3n) is 1.67. The highest BCUT2D eigenvalue weighted by Crippen LogP contribution is 2.01. The monoisotopic (exact) mass is 177 g/mol. The maximum Gasteiger partial charge on any atom is 0.150 e. The molecule has 0 radical (unpaired) electrons. The summed E-state index contributed by atoms with van der Waals surface area (Å²) in [6.07, 6.45) is 1.63. The van der Waals surface area contributed by atoms with Gasteiger partial charge in [-0.3, -0.25) is 4.79 Å². The van der Waals surface area contributed by atoms with E-state index in [1.54, 1.807) is 12.1 Å². The number of hydrogen-bond donors (Lipinski definition) is 1. The van der Waals surface area contributed by atoms with E-state index in [2.05, 4.69) is 5.32 Å². The molecule has 0 saturated heterocycles. The summed E-state index contributed by atoms with van der Waals surface area (Å²) in [6.45, 7) is 1.01. The van der Waals surface area contributed by atoms with Crippen molar-refractivity contribution in [1.82, 2.24) is 5.32 Å². The minimum Gasteiger partial charge on any atom is -0.306 e. The molecule has 0 aliphatic rings. The van der Waals surface area contributed by atoms with E-state index in [-0.39, 0.29) is 0 Å². The average Bonchev–Trinajstić information content (AvgIpc) is 2.19. The Morgan fingerprint density at radius 1 is 1.15 bits per heavy atom. The van der Waals surface area contributed by atoms with Gasteiger partial charge in [-0.2, -0.15) is 0 Å². The van der Waals surface area contributed by atoms with Gasteiger partial charge in [-0.25, -0.2) is 0 Å². The molecular weight excluding hydrogens is 166 g/mol.